The summed E-state index contributed by atoms with van der Waals surface area (Å²) >= 11 is 0. The number of likely N-dealkylation sites (tertiary alicyclic amines) is 1. The van der Waals surface area contributed by atoms with Crippen molar-refractivity contribution in [2.75, 3.05) is 13.6 Å². The summed E-state index contributed by atoms with van der Waals surface area (Å²) in [7, 11) is 1.66. The van der Waals surface area contributed by atoms with Crippen LogP contribution in [0.4, 0.5) is 0 Å². The lowest BCUT2D eigenvalue weighted by molar-refractivity contribution is -0.131. The number of nitrogens with one attached hydrogen (secondary N) is 2. The van der Waals surface area contributed by atoms with Gasteiger partial charge in [0.2, 0.25) is 11.8 Å². The van der Waals surface area contributed by atoms with Gasteiger partial charge in [-0.1, -0.05) is 49.6 Å². The minimum Gasteiger partial charge on any atom is -0.358 e. The van der Waals surface area contributed by atoms with Crippen LogP contribution < -0.4 is 10.6 Å². The van der Waals surface area contributed by atoms with Gasteiger partial charge in [-0.3, -0.25) is 14.5 Å². The minimum atomic E-state index is -0.407. The Morgan fingerprint density at radius 3 is 2.38 bits per heavy atom. The van der Waals surface area contributed by atoms with Gasteiger partial charge in [0.1, 0.15) is 6.04 Å². The fraction of sp³-hybridized carbons (Fsp3) is 0.600. The van der Waals surface area contributed by atoms with Crippen molar-refractivity contribution in [1.29, 1.82) is 0 Å². The first kappa shape index (κ1) is 20.7. The first-order chi connectivity index (χ1) is 12.2. The second-order valence-electron chi connectivity index (χ2n) is 7.17. The second kappa shape index (κ2) is 9.93. The zero-order chi connectivity index (χ0) is 17.6. The average Bonchev–Trinajstić information content (AvgIpc) is 3.13. The Bertz CT molecular complexity index is 590. The lowest BCUT2D eigenvalue weighted by atomic mass is 9.95. The zero-order valence-electron chi connectivity index (χ0n) is 15.4. The lowest BCUT2D eigenvalue weighted by Crippen LogP contribution is -2.50. The number of halogens is 1. The zero-order valence-corrected chi connectivity index (χ0v) is 16.3. The van der Waals surface area contributed by atoms with Crippen LogP contribution in [0.15, 0.2) is 30.3 Å². The number of rotatable bonds is 5. The van der Waals surface area contributed by atoms with Gasteiger partial charge in [-0.05, 0) is 31.2 Å². The molecule has 1 aromatic rings. The van der Waals surface area contributed by atoms with E-state index in [0.29, 0.717) is 6.04 Å². The third-order valence-electron chi connectivity index (χ3n) is 5.49. The van der Waals surface area contributed by atoms with E-state index in [2.05, 4.69) is 15.5 Å². The van der Waals surface area contributed by atoms with Crippen LogP contribution in [0.2, 0.25) is 0 Å². The highest BCUT2D eigenvalue weighted by molar-refractivity contribution is 5.86. The Hall–Kier alpha value is -1.59. The van der Waals surface area contributed by atoms with E-state index in [4.69, 9.17) is 0 Å². The van der Waals surface area contributed by atoms with Crippen molar-refractivity contribution in [3.63, 3.8) is 0 Å². The van der Waals surface area contributed by atoms with E-state index in [1.54, 1.807) is 7.05 Å². The van der Waals surface area contributed by atoms with Crippen LogP contribution in [0.25, 0.3) is 0 Å². The minimum absolute atomic E-state index is 0. The summed E-state index contributed by atoms with van der Waals surface area (Å²) in [6, 6.07) is 9.44. The molecule has 2 aliphatic rings. The van der Waals surface area contributed by atoms with Crippen molar-refractivity contribution in [3.8, 4) is 0 Å². The van der Waals surface area contributed by atoms with E-state index in [9.17, 15) is 9.59 Å². The summed E-state index contributed by atoms with van der Waals surface area (Å²) in [5, 5.41) is 6.01. The molecule has 2 N–H and O–H groups in total. The topological polar surface area (TPSA) is 61.4 Å². The molecule has 0 bridgehead atoms. The highest BCUT2D eigenvalue weighted by Crippen LogP contribution is 2.30. The maximum Gasteiger partial charge on any atom is 0.241 e. The van der Waals surface area contributed by atoms with Crippen molar-refractivity contribution in [2.24, 2.45) is 0 Å². The molecule has 1 saturated heterocycles. The second-order valence-corrected chi connectivity index (χ2v) is 7.17. The Kier molecular flexibility index (Phi) is 7.91. The largest absolute Gasteiger partial charge is 0.358 e. The van der Waals surface area contributed by atoms with E-state index >= 15 is 0 Å². The smallest absolute Gasteiger partial charge is 0.241 e. The van der Waals surface area contributed by atoms with Gasteiger partial charge < -0.3 is 10.6 Å². The highest BCUT2D eigenvalue weighted by Gasteiger charge is 2.39. The molecule has 144 valence electrons. The predicted molar refractivity (Wildman–Crippen MR) is 105 cm³/mol. The number of benzene rings is 1. The Balaban J connectivity index is 0.00000243. The molecule has 1 aromatic carbocycles. The fourth-order valence-corrected chi connectivity index (χ4v) is 4.19. The lowest BCUT2D eigenvalue weighted by Gasteiger charge is -2.33. The Labute approximate surface area is 162 Å². The molecule has 6 heteroatoms. The van der Waals surface area contributed by atoms with Crippen LogP contribution in [-0.4, -0.2) is 42.4 Å². The molecule has 5 nitrogen and oxygen atoms in total. The van der Waals surface area contributed by atoms with Gasteiger partial charge in [0.05, 0.1) is 6.04 Å². The molecule has 1 saturated carbocycles. The molecule has 0 radical (unpaired) electrons. The summed E-state index contributed by atoms with van der Waals surface area (Å²) < 4.78 is 0. The molecule has 2 amide bonds. The van der Waals surface area contributed by atoms with Gasteiger partial charge >= 0.3 is 0 Å². The van der Waals surface area contributed by atoms with Gasteiger partial charge in [-0.15, -0.1) is 12.4 Å². The number of likely N-dealkylation sites (N-methyl/N-ethyl adjacent to an activating group) is 1. The number of carbonyl (C=O) groups is 2. The molecular weight excluding hydrogens is 350 g/mol. The van der Waals surface area contributed by atoms with E-state index in [0.717, 1.165) is 37.8 Å². The number of amides is 2. The fourth-order valence-electron chi connectivity index (χ4n) is 4.19. The third kappa shape index (κ3) is 4.77. The van der Waals surface area contributed by atoms with Crippen LogP contribution in [0.5, 0.6) is 0 Å². The molecule has 2 fully saturated rings. The summed E-state index contributed by atoms with van der Waals surface area (Å²) in [6.07, 6.45) is 7.59. The first-order valence-electron chi connectivity index (χ1n) is 9.53. The molecule has 1 aliphatic carbocycles. The van der Waals surface area contributed by atoms with E-state index in [-0.39, 0.29) is 30.3 Å². The summed E-state index contributed by atoms with van der Waals surface area (Å²) in [6.45, 7) is 0.774. The van der Waals surface area contributed by atoms with Crippen LogP contribution in [-0.2, 0) is 9.59 Å². The molecule has 0 aromatic heterocycles. The summed E-state index contributed by atoms with van der Waals surface area (Å²) in [4.78, 5) is 27.5. The Morgan fingerprint density at radius 1 is 1.04 bits per heavy atom. The monoisotopic (exact) mass is 379 g/mol. The van der Waals surface area contributed by atoms with Crippen molar-refractivity contribution < 1.29 is 9.59 Å². The van der Waals surface area contributed by atoms with Crippen LogP contribution in [0.1, 0.15) is 56.6 Å². The third-order valence-corrected chi connectivity index (χ3v) is 5.49. The van der Waals surface area contributed by atoms with Gasteiger partial charge in [0, 0.05) is 19.6 Å². The quantitative estimate of drug-likeness (QED) is 0.826. The standard InChI is InChI=1S/C20H29N3O2.ClH/c1-21-20(25)18(15-9-4-2-5-10-15)23-14-8-13-17(23)19(24)22-16-11-6-3-7-12-16;/h2,4-5,9-10,16-18H,3,6-8,11-14H2,1H3,(H,21,25)(H,22,24);1H/t17-,18+;/m0./s1. The normalized spacial score (nSPS) is 22.3. The molecule has 0 unspecified atom stereocenters. The van der Waals surface area contributed by atoms with Crippen molar-refractivity contribution in [1.82, 2.24) is 15.5 Å². The van der Waals surface area contributed by atoms with Crippen LogP contribution in [0, 0.1) is 0 Å². The number of hydrogen-bond acceptors (Lipinski definition) is 3. The molecule has 1 aliphatic heterocycles. The molecular formula is C20H30ClN3O2. The predicted octanol–water partition coefficient (Wildman–Crippen LogP) is 2.81. The molecule has 0 spiro atoms. The first-order valence-corrected chi connectivity index (χ1v) is 9.53. The van der Waals surface area contributed by atoms with Gasteiger partial charge in [0.15, 0.2) is 0 Å². The number of nitrogens with zero attached hydrogens (tertiary/aromatic N) is 1. The summed E-state index contributed by atoms with van der Waals surface area (Å²) in [5.41, 5.74) is 0.944. The van der Waals surface area contributed by atoms with Crippen molar-refractivity contribution in [3.05, 3.63) is 35.9 Å². The molecule has 26 heavy (non-hydrogen) atoms. The number of hydrogen-bond donors (Lipinski definition) is 2. The van der Waals surface area contributed by atoms with Crippen LogP contribution >= 0.6 is 12.4 Å². The van der Waals surface area contributed by atoms with Gasteiger partial charge in [-0.25, -0.2) is 0 Å². The van der Waals surface area contributed by atoms with Gasteiger partial charge in [0.25, 0.3) is 0 Å². The maximum absolute atomic E-state index is 12.9. The van der Waals surface area contributed by atoms with Crippen molar-refractivity contribution in [2.45, 2.75) is 63.1 Å². The van der Waals surface area contributed by atoms with E-state index < -0.39 is 6.04 Å². The average molecular weight is 380 g/mol. The maximum atomic E-state index is 12.9. The number of carbonyl (C=O) groups excluding carboxylic acids is 2. The summed E-state index contributed by atoms with van der Waals surface area (Å²) in [5.74, 6) is 0.0396. The van der Waals surface area contributed by atoms with E-state index in [1.165, 1.54) is 19.3 Å². The Morgan fingerprint density at radius 2 is 1.73 bits per heavy atom. The van der Waals surface area contributed by atoms with Crippen molar-refractivity contribution >= 4 is 24.2 Å². The van der Waals surface area contributed by atoms with E-state index in [1.807, 2.05) is 30.3 Å². The van der Waals surface area contributed by atoms with Gasteiger partial charge in [-0.2, -0.15) is 0 Å². The van der Waals surface area contributed by atoms with Crippen LogP contribution in [0.3, 0.4) is 0 Å². The molecule has 2 atom stereocenters. The molecule has 1 heterocycles. The molecule has 3 rings (SSSR count). The highest BCUT2D eigenvalue weighted by atomic mass is 35.5. The SMILES string of the molecule is CNC(=O)[C@@H](c1ccccc1)N1CCC[C@H]1C(=O)NC1CCCCC1.Cl.